The first-order valence-corrected chi connectivity index (χ1v) is 9.30. The molecule has 0 saturated carbocycles. The third kappa shape index (κ3) is 5.48. The number of para-hydroxylation sites is 1. The van der Waals surface area contributed by atoms with Crippen LogP contribution in [0.2, 0.25) is 0 Å². The molecule has 0 unspecified atom stereocenters. The average Bonchev–Trinajstić information content (AvgIpc) is 2.68. The largest absolute Gasteiger partial charge is 0.496 e. The molecule has 0 fully saturated rings. The molecule has 5 heteroatoms. The summed E-state index contributed by atoms with van der Waals surface area (Å²) in [4.78, 5) is 19.0. The predicted octanol–water partition coefficient (Wildman–Crippen LogP) is 4.01. The van der Waals surface area contributed by atoms with Crippen molar-refractivity contribution in [3.63, 3.8) is 0 Å². The van der Waals surface area contributed by atoms with Crippen molar-refractivity contribution in [1.82, 2.24) is 9.88 Å². The van der Waals surface area contributed by atoms with E-state index in [4.69, 9.17) is 4.74 Å². The molecule has 5 nitrogen and oxygen atoms in total. The van der Waals surface area contributed by atoms with Gasteiger partial charge in [-0.25, -0.2) is 4.98 Å². The highest BCUT2D eigenvalue weighted by Gasteiger charge is 2.14. The fourth-order valence-electron chi connectivity index (χ4n) is 2.93. The van der Waals surface area contributed by atoms with E-state index in [0.29, 0.717) is 5.56 Å². The lowest BCUT2D eigenvalue weighted by Crippen LogP contribution is -2.32. The molecule has 0 atom stereocenters. The normalized spacial score (nSPS) is 10.4. The number of rotatable bonds is 10. The molecule has 0 radical (unpaired) electrons. The van der Waals surface area contributed by atoms with Gasteiger partial charge in [0.05, 0.1) is 7.11 Å². The van der Waals surface area contributed by atoms with Crippen LogP contribution in [-0.4, -0.2) is 42.5 Å². The SMILES string of the molecule is CCCN(CCC)C(=O)c1ccnc(NCCc2ccccc2OC)c1. The van der Waals surface area contributed by atoms with Gasteiger partial charge in [0.2, 0.25) is 0 Å². The maximum Gasteiger partial charge on any atom is 0.254 e. The first-order chi connectivity index (χ1) is 12.7. The number of anilines is 1. The minimum Gasteiger partial charge on any atom is -0.496 e. The Bertz CT molecular complexity index is 697. The van der Waals surface area contributed by atoms with Crippen LogP contribution in [0.25, 0.3) is 0 Å². The van der Waals surface area contributed by atoms with E-state index in [2.05, 4.69) is 30.2 Å². The second-order valence-corrected chi connectivity index (χ2v) is 6.21. The lowest BCUT2D eigenvalue weighted by molar-refractivity contribution is 0.0755. The second-order valence-electron chi connectivity index (χ2n) is 6.21. The first-order valence-electron chi connectivity index (χ1n) is 9.30. The molecule has 1 amide bonds. The van der Waals surface area contributed by atoms with Gasteiger partial charge in [-0.15, -0.1) is 0 Å². The number of ether oxygens (including phenoxy) is 1. The van der Waals surface area contributed by atoms with Gasteiger partial charge in [-0.05, 0) is 43.0 Å². The molecule has 0 aliphatic rings. The number of nitrogens with zero attached hydrogens (tertiary/aromatic N) is 2. The highest BCUT2D eigenvalue weighted by Crippen LogP contribution is 2.18. The van der Waals surface area contributed by atoms with E-state index in [1.54, 1.807) is 19.4 Å². The molecule has 0 aliphatic heterocycles. The molecule has 0 spiro atoms. The molecule has 1 heterocycles. The number of methoxy groups -OCH3 is 1. The van der Waals surface area contributed by atoms with E-state index in [-0.39, 0.29) is 5.91 Å². The van der Waals surface area contributed by atoms with E-state index in [1.807, 2.05) is 29.2 Å². The van der Waals surface area contributed by atoms with Crippen molar-refractivity contribution >= 4 is 11.7 Å². The third-order valence-electron chi connectivity index (χ3n) is 4.17. The number of aromatic nitrogens is 1. The zero-order valence-corrected chi connectivity index (χ0v) is 16.0. The van der Waals surface area contributed by atoms with Crippen molar-refractivity contribution in [3.05, 3.63) is 53.7 Å². The van der Waals surface area contributed by atoms with Gasteiger partial charge in [0.1, 0.15) is 11.6 Å². The lowest BCUT2D eigenvalue weighted by atomic mass is 10.1. The van der Waals surface area contributed by atoms with Crippen molar-refractivity contribution in [2.75, 3.05) is 32.1 Å². The Morgan fingerprint density at radius 3 is 2.58 bits per heavy atom. The summed E-state index contributed by atoms with van der Waals surface area (Å²) in [7, 11) is 1.68. The number of pyridine rings is 1. The van der Waals surface area contributed by atoms with Crippen molar-refractivity contribution < 1.29 is 9.53 Å². The minimum atomic E-state index is 0.0730. The summed E-state index contributed by atoms with van der Waals surface area (Å²) in [6.07, 6.45) is 4.43. The van der Waals surface area contributed by atoms with Crippen LogP contribution >= 0.6 is 0 Å². The summed E-state index contributed by atoms with van der Waals surface area (Å²) in [6, 6.07) is 11.6. The van der Waals surface area contributed by atoms with Crippen LogP contribution in [0.1, 0.15) is 42.6 Å². The van der Waals surface area contributed by atoms with Crippen LogP contribution in [0.4, 0.5) is 5.82 Å². The summed E-state index contributed by atoms with van der Waals surface area (Å²) >= 11 is 0. The van der Waals surface area contributed by atoms with Crippen LogP contribution < -0.4 is 10.1 Å². The minimum absolute atomic E-state index is 0.0730. The van der Waals surface area contributed by atoms with Gasteiger partial charge in [0.15, 0.2) is 0 Å². The summed E-state index contributed by atoms with van der Waals surface area (Å²) in [5, 5.41) is 3.31. The first kappa shape index (κ1) is 19.8. The molecule has 1 N–H and O–H groups in total. The molecule has 0 saturated heterocycles. The molecule has 0 bridgehead atoms. The molecule has 2 rings (SSSR count). The number of nitrogens with one attached hydrogen (secondary N) is 1. The highest BCUT2D eigenvalue weighted by molar-refractivity contribution is 5.94. The summed E-state index contributed by atoms with van der Waals surface area (Å²) in [6.45, 7) is 6.47. The number of carbonyl (C=O) groups excluding carboxylic acids is 1. The van der Waals surface area contributed by atoms with Crippen LogP contribution in [0.5, 0.6) is 5.75 Å². The fourth-order valence-corrected chi connectivity index (χ4v) is 2.93. The Labute approximate surface area is 156 Å². The number of hydrogen-bond donors (Lipinski definition) is 1. The zero-order chi connectivity index (χ0) is 18.8. The number of carbonyl (C=O) groups is 1. The molecule has 1 aromatic heterocycles. The van der Waals surface area contributed by atoms with E-state index < -0.39 is 0 Å². The molecule has 140 valence electrons. The highest BCUT2D eigenvalue weighted by atomic mass is 16.5. The van der Waals surface area contributed by atoms with Gasteiger partial charge in [-0.1, -0.05) is 32.0 Å². The van der Waals surface area contributed by atoms with Gasteiger partial charge in [0, 0.05) is 31.4 Å². The summed E-state index contributed by atoms with van der Waals surface area (Å²) in [5.41, 5.74) is 1.83. The number of hydrogen-bond acceptors (Lipinski definition) is 4. The van der Waals surface area contributed by atoms with Gasteiger partial charge in [0.25, 0.3) is 5.91 Å². The van der Waals surface area contributed by atoms with Crippen LogP contribution in [0.15, 0.2) is 42.6 Å². The molecule has 1 aromatic carbocycles. The maximum absolute atomic E-state index is 12.7. The quantitative estimate of drug-likeness (QED) is 0.700. The third-order valence-corrected chi connectivity index (χ3v) is 4.17. The molecule has 2 aromatic rings. The zero-order valence-electron chi connectivity index (χ0n) is 16.0. The lowest BCUT2D eigenvalue weighted by Gasteiger charge is -2.21. The summed E-state index contributed by atoms with van der Waals surface area (Å²) < 4.78 is 5.38. The van der Waals surface area contributed by atoms with Crippen LogP contribution in [0.3, 0.4) is 0 Å². The molecular formula is C21H29N3O2. The average molecular weight is 355 g/mol. The topological polar surface area (TPSA) is 54.5 Å². The number of benzene rings is 1. The standard InChI is InChI=1S/C21H29N3O2/c1-4-14-24(15-5-2)21(25)18-11-13-23-20(16-18)22-12-10-17-8-6-7-9-19(17)26-3/h6-9,11,13,16H,4-5,10,12,14-15H2,1-3H3,(H,22,23). The van der Waals surface area contributed by atoms with Crippen molar-refractivity contribution in [2.24, 2.45) is 0 Å². The fraction of sp³-hybridized carbons (Fsp3) is 0.429. The van der Waals surface area contributed by atoms with Crippen molar-refractivity contribution in [1.29, 1.82) is 0 Å². The monoisotopic (exact) mass is 355 g/mol. The van der Waals surface area contributed by atoms with E-state index in [9.17, 15) is 4.79 Å². The molecule has 0 aliphatic carbocycles. The van der Waals surface area contributed by atoms with E-state index in [0.717, 1.165) is 56.0 Å². The Balaban J connectivity index is 1.99. The smallest absolute Gasteiger partial charge is 0.254 e. The molecular weight excluding hydrogens is 326 g/mol. The van der Waals surface area contributed by atoms with Crippen molar-refractivity contribution in [3.8, 4) is 5.75 Å². The van der Waals surface area contributed by atoms with Crippen LogP contribution in [0, 0.1) is 0 Å². The van der Waals surface area contributed by atoms with Crippen LogP contribution in [-0.2, 0) is 6.42 Å². The van der Waals surface area contributed by atoms with E-state index in [1.165, 1.54) is 0 Å². The maximum atomic E-state index is 12.7. The van der Waals surface area contributed by atoms with Crippen molar-refractivity contribution in [2.45, 2.75) is 33.1 Å². The molecule has 26 heavy (non-hydrogen) atoms. The Morgan fingerprint density at radius 2 is 1.88 bits per heavy atom. The van der Waals surface area contributed by atoms with Gasteiger partial charge < -0.3 is 15.0 Å². The number of amides is 1. The summed E-state index contributed by atoms with van der Waals surface area (Å²) in [5.74, 6) is 1.68. The van der Waals surface area contributed by atoms with Gasteiger partial charge >= 0.3 is 0 Å². The Hall–Kier alpha value is -2.56. The Kier molecular flexibility index (Phi) is 7.93. The van der Waals surface area contributed by atoms with Gasteiger partial charge in [-0.3, -0.25) is 4.79 Å². The second kappa shape index (κ2) is 10.4. The van der Waals surface area contributed by atoms with E-state index >= 15 is 0 Å². The van der Waals surface area contributed by atoms with Gasteiger partial charge in [-0.2, -0.15) is 0 Å². The predicted molar refractivity (Wildman–Crippen MR) is 106 cm³/mol. The Morgan fingerprint density at radius 1 is 1.15 bits per heavy atom.